The number of likely N-dealkylation sites (N-methyl/N-ethyl adjacent to an activating group) is 1. The van der Waals surface area contributed by atoms with Crippen LogP contribution in [0.1, 0.15) is 6.92 Å². The second-order valence-corrected chi connectivity index (χ2v) is 4.07. The minimum absolute atomic E-state index is 0.223. The zero-order valence-corrected chi connectivity index (χ0v) is 10.4. The Morgan fingerprint density at radius 3 is 2.75 bits per heavy atom. The van der Waals surface area contributed by atoms with Crippen LogP contribution in [0.5, 0.6) is 0 Å². The summed E-state index contributed by atoms with van der Waals surface area (Å²) in [4.78, 5) is 15.8. The molecule has 1 fully saturated rings. The number of rotatable bonds is 6. The maximum absolute atomic E-state index is 11.9. The van der Waals surface area contributed by atoms with Gasteiger partial charge in [-0.15, -0.1) is 0 Å². The largest absolute Gasteiger partial charge is 0.380 e. The molecule has 0 aromatic heterocycles. The molecule has 0 aromatic carbocycles. The number of ether oxygens (including phenoxy) is 1. The molecule has 1 aliphatic heterocycles. The zero-order valence-electron chi connectivity index (χ0n) is 10.4. The van der Waals surface area contributed by atoms with Gasteiger partial charge < -0.3 is 15.0 Å². The van der Waals surface area contributed by atoms with E-state index in [9.17, 15) is 4.79 Å². The monoisotopic (exact) mass is 229 g/mol. The third kappa shape index (κ3) is 4.92. The van der Waals surface area contributed by atoms with Crippen LogP contribution in [-0.2, 0) is 9.53 Å². The highest BCUT2D eigenvalue weighted by atomic mass is 16.5. The first-order chi connectivity index (χ1) is 7.74. The van der Waals surface area contributed by atoms with Crippen LogP contribution in [0.2, 0.25) is 0 Å². The molecule has 0 saturated carbocycles. The fourth-order valence-corrected chi connectivity index (χ4v) is 1.69. The van der Waals surface area contributed by atoms with E-state index < -0.39 is 0 Å². The van der Waals surface area contributed by atoms with E-state index in [4.69, 9.17) is 4.74 Å². The molecule has 0 radical (unpaired) electrons. The molecule has 0 spiro atoms. The molecule has 5 nitrogen and oxygen atoms in total. The number of carbonyl (C=O) groups excluding carboxylic acids is 1. The van der Waals surface area contributed by atoms with Crippen molar-refractivity contribution in [3.8, 4) is 0 Å². The number of nitrogens with zero attached hydrogens (tertiary/aromatic N) is 2. The number of carbonyl (C=O) groups is 1. The molecule has 94 valence electrons. The lowest BCUT2D eigenvalue weighted by Crippen LogP contribution is -2.49. The number of nitrogens with one attached hydrogen (secondary N) is 1. The average Bonchev–Trinajstić information content (AvgIpc) is 2.30. The van der Waals surface area contributed by atoms with Gasteiger partial charge in [-0.3, -0.25) is 9.69 Å². The number of hydrogen-bond donors (Lipinski definition) is 1. The van der Waals surface area contributed by atoms with Crippen LogP contribution >= 0.6 is 0 Å². The van der Waals surface area contributed by atoms with Crippen LogP contribution < -0.4 is 5.32 Å². The van der Waals surface area contributed by atoms with Crippen molar-refractivity contribution in [1.82, 2.24) is 15.1 Å². The second kappa shape index (κ2) is 7.60. The minimum atomic E-state index is 0.223. The summed E-state index contributed by atoms with van der Waals surface area (Å²) in [5, 5.41) is 3.24. The minimum Gasteiger partial charge on any atom is -0.380 e. The summed E-state index contributed by atoms with van der Waals surface area (Å²) in [6, 6.07) is 0. The summed E-state index contributed by atoms with van der Waals surface area (Å²) in [5.74, 6) is 0.223. The topological polar surface area (TPSA) is 44.8 Å². The Labute approximate surface area is 97.7 Å². The van der Waals surface area contributed by atoms with Crippen molar-refractivity contribution in [3.63, 3.8) is 0 Å². The number of amides is 1. The molecule has 0 atom stereocenters. The van der Waals surface area contributed by atoms with Crippen LogP contribution in [0.3, 0.4) is 0 Å². The first-order valence-corrected chi connectivity index (χ1v) is 5.98. The Morgan fingerprint density at radius 2 is 2.12 bits per heavy atom. The van der Waals surface area contributed by atoms with Crippen LogP contribution in [0.4, 0.5) is 0 Å². The first kappa shape index (κ1) is 13.4. The smallest absolute Gasteiger partial charge is 0.236 e. The van der Waals surface area contributed by atoms with Gasteiger partial charge in [-0.1, -0.05) is 0 Å². The van der Waals surface area contributed by atoms with Crippen molar-refractivity contribution in [2.24, 2.45) is 0 Å². The van der Waals surface area contributed by atoms with Crippen molar-refractivity contribution in [2.45, 2.75) is 6.92 Å². The van der Waals surface area contributed by atoms with Gasteiger partial charge in [0.1, 0.15) is 0 Å². The average molecular weight is 229 g/mol. The molecule has 1 aliphatic rings. The normalized spacial score (nSPS) is 16.8. The van der Waals surface area contributed by atoms with Gasteiger partial charge in [-0.25, -0.2) is 0 Å². The van der Waals surface area contributed by atoms with E-state index in [1.165, 1.54) is 0 Å². The van der Waals surface area contributed by atoms with Gasteiger partial charge in [-0.2, -0.15) is 0 Å². The van der Waals surface area contributed by atoms with E-state index in [2.05, 4.69) is 5.32 Å². The van der Waals surface area contributed by atoms with Crippen LogP contribution in [-0.4, -0.2) is 75.2 Å². The molecule has 0 unspecified atom stereocenters. The van der Waals surface area contributed by atoms with Crippen LogP contribution in [0, 0.1) is 0 Å². The van der Waals surface area contributed by atoms with Gasteiger partial charge >= 0.3 is 0 Å². The Balaban J connectivity index is 2.16. The number of piperazine rings is 1. The van der Waals surface area contributed by atoms with E-state index in [-0.39, 0.29) is 5.91 Å². The quantitative estimate of drug-likeness (QED) is 0.617. The molecule has 16 heavy (non-hydrogen) atoms. The van der Waals surface area contributed by atoms with E-state index in [0.717, 1.165) is 39.3 Å². The van der Waals surface area contributed by atoms with Gasteiger partial charge in [0, 0.05) is 39.3 Å². The summed E-state index contributed by atoms with van der Waals surface area (Å²) in [6.07, 6.45) is 0. The van der Waals surface area contributed by atoms with Gasteiger partial charge in [0.05, 0.1) is 13.2 Å². The predicted molar refractivity (Wildman–Crippen MR) is 63.4 cm³/mol. The van der Waals surface area contributed by atoms with E-state index in [0.29, 0.717) is 13.2 Å². The second-order valence-electron chi connectivity index (χ2n) is 4.07. The molecular formula is C11H23N3O2. The standard InChI is InChI=1S/C11H23N3O2/c1-3-16-9-8-13(2)10-11(15)14-6-4-12-5-7-14/h12H,3-10H2,1-2H3. The summed E-state index contributed by atoms with van der Waals surface area (Å²) >= 11 is 0. The Kier molecular flexibility index (Phi) is 6.37. The predicted octanol–water partition coefficient (Wildman–Crippen LogP) is -0.613. The Hall–Kier alpha value is -0.650. The van der Waals surface area contributed by atoms with E-state index >= 15 is 0 Å². The third-order valence-corrected chi connectivity index (χ3v) is 2.70. The van der Waals surface area contributed by atoms with Crippen molar-refractivity contribution >= 4 is 5.91 Å². The fourth-order valence-electron chi connectivity index (χ4n) is 1.69. The highest BCUT2D eigenvalue weighted by molar-refractivity contribution is 5.78. The highest BCUT2D eigenvalue weighted by Crippen LogP contribution is 1.95. The molecule has 0 aliphatic carbocycles. The van der Waals surface area contributed by atoms with Crippen molar-refractivity contribution < 1.29 is 9.53 Å². The van der Waals surface area contributed by atoms with E-state index in [1.807, 2.05) is 23.8 Å². The molecular weight excluding hydrogens is 206 g/mol. The lowest BCUT2D eigenvalue weighted by Gasteiger charge is -2.29. The van der Waals surface area contributed by atoms with Gasteiger partial charge in [-0.05, 0) is 14.0 Å². The molecule has 1 heterocycles. The van der Waals surface area contributed by atoms with Crippen molar-refractivity contribution in [2.75, 3.05) is 59.5 Å². The molecule has 1 saturated heterocycles. The van der Waals surface area contributed by atoms with Crippen molar-refractivity contribution in [1.29, 1.82) is 0 Å². The maximum Gasteiger partial charge on any atom is 0.236 e. The SMILES string of the molecule is CCOCCN(C)CC(=O)N1CCNCC1. The third-order valence-electron chi connectivity index (χ3n) is 2.70. The molecule has 1 rings (SSSR count). The van der Waals surface area contributed by atoms with Gasteiger partial charge in [0.25, 0.3) is 0 Å². The van der Waals surface area contributed by atoms with Crippen molar-refractivity contribution in [3.05, 3.63) is 0 Å². The van der Waals surface area contributed by atoms with E-state index in [1.54, 1.807) is 0 Å². The lowest BCUT2D eigenvalue weighted by molar-refractivity contribution is -0.132. The highest BCUT2D eigenvalue weighted by Gasteiger charge is 2.17. The molecule has 0 aromatic rings. The summed E-state index contributed by atoms with van der Waals surface area (Å²) in [6.45, 7) is 8.20. The lowest BCUT2D eigenvalue weighted by atomic mass is 10.3. The zero-order chi connectivity index (χ0) is 11.8. The van der Waals surface area contributed by atoms with Crippen LogP contribution in [0.15, 0.2) is 0 Å². The Morgan fingerprint density at radius 1 is 1.44 bits per heavy atom. The van der Waals surface area contributed by atoms with Gasteiger partial charge in [0.2, 0.25) is 5.91 Å². The number of hydrogen-bond acceptors (Lipinski definition) is 4. The van der Waals surface area contributed by atoms with Gasteiger partial charge in [0.15, 0.2) is 0 Å². The Bertz CT molecular complexity index is 205. The first-order valence-electron chi connectivity index (χ1n) is 5.98. The summed E-state index contributed by atoms with van der Waals surface area (Å²) < 4.78 is 5.25. The maximum atomic E-state index is 11.9. The van der Waals surface area contributed by atoms with Crippen LogP contribution in [0.25, 0.3) is 0 Å². The molecule has 1 amide bonds. The molecule has 1 N–H and O–H groups in total. The molecule has 5 heteroatoms. The summed E-state index contributed by atoms with van der Waals surface area (Å²) in [7, 11) is 1.96. The molecule has 0 bridgehead atoms. The summed E-state index contributed by atoms with van der Waals surface area (Å²) in [5.41, 5.74) is 0. The fraction of sp³-hybridized carbons (Fsp3) is 0.909.